The quantitative estimate of drug-likeness (QED) is 0.409. The van der Waals surface area contributed by atoms with Crippen LogP contribution in [0.25, 0.3) is 11.1 Å². The Morgan fingerprint density at radius 1 is 1.13 bits per heavy atom. The summed E-state index contributed by atoms with van der Waals surface area (Å²) in [5, 5.41) is 8.95. The van der Waals surface area contributed by atoms with Crippen LogP contribution in [0.15, 0.2) is 46.8 Å². The molecule has 5 heteroatoms. The largest absolute Gasteiger partial charge is 0.293 e. The third-order valence-electron chi connectivity index (χ3n) is 3.95. The summed E-state index contributed by atoms with van der Waals surface area (Å²) in [5.74, 6) is 0.544. The monoisotopic (exact) mass is 338 g/mol. The van der Waals surface area contributed by atoms with Gasteiger partial charge in [0.15, 0.2) is 10.1 Å². The Labute approximate surface area is 142 Å². The van der Waals surface area contributed by atoms with Crippen LogP contribution < -0.4 is 0 Å². The molecular formula is C18H14N2OS2. The lowest BCUT2D eigenvalue weighted by atomic mass is 10.0. The number of nitrogens with zero attached hydrogens (tertiary/aromatic N) is 2. The van der Waals surface area contributed by atoms with E-state index in [1.165, 1.54) is 45.4 Å². The van der Waals surface area contributed by atoms with E-state index in [4.69, 9.17) is 0 Å². The summed E-state index contributed by atoms with van der Waals surface area (Å²) in [6.45, 7) is 1.92. The summed E-state index contributed by atoms with van der Waals surface area (Å²) in [6, 6.07) is 14.5. The zero-order chi connectivity index (χ0) is 15.8. The third kappa shape index (κ3) is 2.82. The minimum Gasteiger partial charge on any atom is -0.293 e. The van der Waals surface area contributed by atoms with E-state index < -0.39 is 0 Å². The Morgan fingerprint density at radius 3 is 2.78 bits per heavy atom. The fourth-order valence-electron chi connectivity index (χ4n) is 2.87. The Morgan fingerprint density at radius 2 is 1.96 bits per heavy atom. The van der Waals surface area contributed by atoms with E-state index in [9.17, 15) is 4.79 Å². The first-order chi connectivity index (χ1) is 11.2. The maximum atomic E-state index is 12.4. The second-order valence-electron chi connectivity index (χ2n) is 5.50. The van der Waals surface area contributed by atoms with Crippen LogP contribution >= 0.6 is 23.1 Å². The molecule has 2 aromatic carbocycles. The molecule has 1 heterocycles. The molecule has 4 rings (SSSR count). The van der Waals surface area contributed by atoms with Crippen LogP contribution in [0.5, 0.6) is 0 Å². The normalized spacial score (nSPS) is 12.0. The molecule has 23 heavy (non-hydrogen) atoms. The van der Waals surface area contributed by atoms with Crippen molar-refractivity contribution in [1.82, 2.24) is 10.2 Å². The van der Waals surface area contributed by atoms with Gasteiger partial charge in [-0.05, 0) is 41.7 Å². The molecule has 0 aliphatic heterocycles. The number of Topliss-reactive ketones (excluding diaryl/α,β-unsaturated/α-hetero) is 1. The molecule has 0 spiro atoms. The molecule has 0 bridgehead atoms. The van der Waals surface area contributed by atoms with Gasteiger partial charge in [0.05, 0.1) is 5.75 Å². The SMILES string of the molecule is Cc1nnc(SCC(=O)c2ccc3c(c2)Cc2ccccc2-3)s1. The second kappa shape index (κ2) is 5.91. The molecule has 0 saturated heterocycles. The van der Waals surface area contributed by atoms with Gasteiger partial charge in [-0.3, -0.25) is 4.79 Å². The van der Waals surface area contributed by atoms with Gasteiger partial charge in [-0.2, -0.15) is 0 Å². The fourth-order valence-corrected chi connectivity index (χ4v) is 4.58. The van der Waals surface area contributed by atoms with E-state index in [0.717, 1.165) is 21.3 Å². The van der Waals surface area contributed by atoms with E-state index in [-0.39, 0.29) is 5.78 Å². The van der Waals surface area contributed by atoms with Crippen LogP contribution in [0.2, 0.25) is 0 Å². The van der Waals surface area contributed by atoms with Crippen LogP contribution in [0.4, 0.5) is 0 Å². The number of thioether (sulfide) groups is 1. The predicted molar refractivity (Wildman–Crippen MR) is 94.4 cm³/mol. The number of aryl methyl sites for hydroxylation is 1. The topological polar surface area (TPSA) is 42.9 Å². The van der Waals surface area contributed by atoms with Gasteiger partial charge < -0.3 is 0 Å². The molecule has 0 atom stereocenters. The summed E-state index contributed by atoms with van der Waals surface area (Å²) in [7, 11) is 0. The molecule has 0 N–H and O–H groups in total. The van der Waals surface area contributed by atoms with Gasteiger partial charge in [0.2, 0.25) is 0 Å². The average molecular weight is 338 g/mol. The molecule has 0 fully saturated rings. The number of hydrogen-bond acceptors (Lipinski definition) is 5. The van der Waals surface area contributed by atoms with E-state index in [0.29, 0.717) is 5.75 Å². The number of ketones is 1. The first kappa shape index (κ1) is 14.6. The van der Waals surface area contributed by atoms with Crippen LogP contribution in [0, 0.1) is 6.92 Å². The minimum atomic E-state index is 0.140. The molecule has 3 aromatic rings. The van der Waals surface area contributed by atoms with E-state index >= 15 is 0 Å². The van der Waals surface area contributed by atoms with Gasteiger partial charge in [-0.15, -0.1) is 10.2 Å². The number of benzene rings is 2. The van der Waals surface area contributed by atoms with Crippen molar-refractivity contribution in [3.05, 3.63) is 64.2 Å². The lowest BCUT2D eigenvalue weighted by Crippen LogP contribution is -2.03. The number of hydrogen-bond donors (Lipinski definition) is 0. The van der Waals surface area contributed by atoms with Gasteiger partial charge in [-0.25, -0.2) is 0 Å². The highest BCUT2D eigenvalue weighted by Crippen LogP contribution is 2.37. The summed E-state index contributed by atoms with van der Waals surface area (Å²) >= 11 is 2.99. The number of carbonyl (C=O) groups excluding carboxylic acids is 1. The van der Waals surface area contributed by atoms with E-state index in [1.807, 2.05) is 19.1 Å². The first-order valence-electron chi connectivity index (χ1n) is 7.38. The van der Waals surface area contributed by atoms with Gasteiger partial charge >= 0.3 is 0 Å². The highest BCUT2D eigenvalue weighted by molar-refractivity contribution is 8.01. The van der Waals surface area contributed by atoms with Crippen molar-refractivity contribution in [3.63, 3.8) is 0 Å². The number of carbonyl (C=O) groups is 1. The highest BCUT2D eigenvalue weighted by Gasteiger charge is 2.19. The van der Waals surface area contributed by atoms with Crippen molar-refractivity contribution in [2.24, 2.45) is 0 Å². The zero-order valence-electron chi connectivity index (χ0n) is 12.6. The summed E-state index contributed by atoms with van der Waals surface area (Å²) in [6.07, 6.45) is 0.912. The molecule has 1 aliphatic rings. The predicted octanol–water partition coefficient (Wildman–Crippen LogP) is 4.39. The standard InChI is InChI=1S/C18H14N2OS2/c1-11-19-20-18(23-11)22-10-17(21)13-6-7-16-14(9-13)8-12-4-2-3-5-15(12)16/h2-7,9H,8,10H2,1H3. The molecule has 114 valence electrons. The number of fused-ring (bicyclic) bond motifs is 3. The Balaban J connectivity index is 1.52. The van der Waals surface area contributed by atoms with Crippen molar-refractivity contribution in [2.75, 3.05) is 5.75 Å². The average Bonchev–Trinajstić information content (AvgIpc) is 3.15. The molecule has 0 unspecified atom stereocenters. The van der Waals surface area contributed by atoms with E-state index in [2.05, 4.69) is 40.5 Å². The van der Waals surface area contributed by atoms with E-state index in [1.54, 1.807) is 0 Å². The molecule has 0 radical (unpaired) electrons. The van der Waals surface area contributed by atoms with Crippen molar-refractivity contribution >= 4 is 28.9 Å². The van der Waals surface area contributed by atoms with Crippen molar-refractivity contribution in [2.45, 2.75) is 17.7 Å². The van der Waals surface area contributed by atoms with Gasteiger partial charge in [0.25, 0.3) is 0 Å². The van der Waals surface area contributed by atoms with Gasteiger partial charge in [0.1, 0.15) is 5.01 Å². The Kier molecular flexibility index (Phi) is 3.75. The van der Waals surface area contributed by atoms with Crippen molar-refractivity contribution < 1.29 is 4.79 Å². The lowest BCUT2D eigenvalue weighted by Gasteiger charge is -2.04. The zero-order valence-corrected chi connectivity index (χ0v) is 14.2. The molecule has 0 amide bonds. The maximum Gasteiger partial charge on any atom is 0.174 e. The summed E-state index contributed by atoms with van der Waals surface area (Å²) in [5.41, 5.74) is 5.91. The minimum absolute atomic E-state index is 0.140. The number of rotatable bonds is 4. The fraction of sp³-hybridized carbons (Fsp3) is 0.167. The van der Waals surface area contributed by atoms with Crippen LogP contribution in [-0.2, 0) is 6.42 Å². The summed E-state index contributed by atoms with van der Waals surface area (Å²) < 4.78 is 0.851. The Hall–Kier alpha value is -1.98. The van der Waals surface area contributed by atoms with Crippen molar-refractivity contribution in [3.8, 4) is 11.1 Å². The third-order valence-corrected chi connectivity index (χ3v) is 5.92. The van der Waals surface area contributed by atoms with Crippen LogP contribution in [-0.4, -0.2) is 21.7 Å². The van der Waals surface area contributed by atoms with Gasteiger partial charge in [0, 0.05) is 5.56 Å². The van der Waals surface area contributed by atoms with Crippen molar-refractivity contribution in [1.29, 1.82) is 0 Å². The lowest BCUT2D eigenvalue weighted by molar-refractivity contribution is 0.102. The molecule has 0 saturated carbocycles. The second-order valence-corrected chi connectivity index (χ2v) is 7.91. The maximum absolute atomic E-state index is 12.4. The first-order valence-corrected chi connectivity index (χ1v) is 9.18. The molecule has 1 aliphatic carbocycles. The van der Waals surface area contributed by atoms with Crippen LogP contribution in [0.3, 0.4) is 0 Å². The smallest absolute Gasteiger partial charge is 0.174 e. The summed E-state index contributed by atoms with van der Waals surface area (Å²) in [4.78, 5) is 12.4. The van der Waals surface area contributed by atoms with Crippen LogP contribution in [0.1, 0.15) is 26.5 Å². The highest BCUT2D eigenvalue weighted by atomic mass is 32.2. The Bertz CT molecular complexity index is 902. The molecular weight excluding hydrogens is 324 g/mol. The molecule has 1 aromatic heterocycles. The van der Waals surface area contributed by atoms with Gasteiger partial charge in [-0.1, -0.05) is 59.5 Å². The number of aromatic nitrogens is 2. The molecule has 3 nitrogen and oxygen atoms in total.